The molecule has 0 rings (SSSR count). The zero-order valence-corrected chi connectivity index (χ0v) is 12.0. The highest BCUT2D eigenvalue weighted by Gasteiger charge is 2.17. The second-order valence-electron chi connectivity index (χ2n) is 5.30. The number of aliphatic hydroxyl groups excluding tert-OH is 1. The Morgan fingerprint density at radius 2 is 1.84 bits per heavy atom. The van der Waals surface area contributed by atoms with Crippen molar-refractivity contribution in [3.05, 3.63) is 0 Å². The van der Waals surface area contributed by atoms with Crippen molar-refractivity contribution in [3.8, 4) is 0 Å². The van der Waals surface area contributed by atoms with Gasteiger partial charge in [0.1, 0.15) is 0 Å². The number of carbonyl (C=O) groups excluding carboxylic acids is 1. The Morgan fingerprint density at radius 1 is 1.26 bits per heavy atom. The fourth-order valence-electron chi connectivity index (χ4n) is 1.70. The van der Waals surface area contributed by atoms with Gasteiger partial charge in [-0.25, -0.2) is 9.59 Å². The molecule has 2 amide bonds. The van der Waals surface area contributed by atoms with Crippen molar-refractivity contribution in [3.63, 3.8) is 0 Å². The highest BCUT2D eigenvalue weighted by Crippen LogP contribution is 2.05. The highest BCUT2D eigenvalue weighted by atomic mass is 16.4. The first-order valence-electron chi connectivity index (χ1n) is 6.32. The van der Waals surface area contributed by atoms with E-state index in [2.05, 4.69) is 24.5 Å². The Hall–Kier alpha value is -1.34. The lowest BCUT2D eigenvalue weighted by molar-refractivity contribution is -0.146. The van der Waals surface area contributed by atoms with Gasteiger partial charge in [-0.15, -0.1) is 0 Å². The molecule has 2 atom stereocenters. The van der Waals surface area contributed by atoms with Gasteiger partial charge in [-0.05, 0) is 26.4 Å². The van der Waals surface area contributed by atoms with Crippen molar-refractivity contribution in [2.24, 2.45) is 5.92 Å². The molecule has 0 aliphatic carbocycles. The van der Waals surface area contributed by atoms with Crippen LogP contribution in [0.2, 0.25) is 0 Å². The number of hydrogen-bond donors (Lipinski definition) is 4. The quantitative estimate of drug-likeness (QED) is 0.487. The summed E-state index contributed by atoms with van der Waals surface area (Å²) >= 11 is 0. The summed E-state index contributed by atoms with van der Waals surface area (Å²) in [5.74, 6) is -0.915. The maximum atomic E-state index is 11.6. The first-order valence-corrected chi connectivity index (χ1v) is 6.32. The third kappa shape index (κ3) is 9.26. The number of aliphatic hydroxyl groups is 1. The minimum Gasteiger partial charge on any atom is -0.479 e. The van der Waals surface area contributed by atoms with Gasteiger partial charge < -0.3 is 25.7 Å². The minimum atomic E-state index is -1.58. The first-order chi connectivity index (χ1) is 8.72. The van der Waals surface area contributed by atoms with Crippen molar-refractivity contribution < 1.29 is 19.8 Å². The number of aliphatic carboxylic acids is 1. The summed E-state index contributed by atoms with van der Waals surface area (Å²) in [6, 6.07) is -0.482. The highest BCUT2D eigenvalue weighted by molar-refractivity contribution is 5.76. The summed E-state index contributed by atoms with van der Waals surface area (Å²) in [6.07, 6.45) is -0.754. The monoisotopic (exact) mass is 275 g/mol. The van der Waals surface area contributed by atoms with E-state index >= 15 is 0 Å². The van der Waals surface area contributed by atoms with Crippen LogP contribution in [0.25, 0.3) is 0 Å². The average molecular weight is 275 g/mol. The van der Waals surface area contributed by atoms with E-state index in [0.29, 0.717) is 12.5 Å². The smallest absolute Gasteiger partial charge is 0.334 e. The second-order valence-corrected chi connectivity index (χ2v) is 5.30. The van der Waals surface area contributed by atoms with Crippen molar-refractivity contribution in [1.29, 1.82) is 0 Å². The molecule has 19 heavy (non-hydrogen) atoms. The predicted octanol–water partition coefficient (Wildman–Crippen LogP) is -0.293. The molecule has 4 N–H and O–H groups in total. The molecule has 0 spiro atoms. The molecule has 0 aromatic carbocycles. The summed E-state index contributed by atoms with van der Waals surface area (Å²) in [5.41, 5.74) is 0. The Kier molecular flexibility index (Phi) is 8.09. The van der Waals surface area contributed by atoms with E-state index in [0.717, 1.165) is 6.42 Å². The molecule has 0 fully saturated rings. The molecule has 0 radical (unpaired) electrons. The Labute approximate surface area is 114 Å². The summed E-state index contributed by atoms with van der Waals surface area (Å²) in [5, 5.41) is 22.7. The number of carboxylic acids is 1. The van der Waals surface area contributed by atoms with Crippen LogP contribution >= 0.6 is 0 Å². The Morgan fingerprint density at radius 3 is 2.26 bits per heavy atom. The van der Waals surface area contributed by atoms with Crippen LogP contribution < -0.4 is 10.6 Å². The molecular formula is C12H25N3O4. The number of nitrogens with one attached hydrogen (secondary N) is 2. The van der Waals surface area contributed by atoms with Crippen LogP contribution in [0.3, 0.4) is 0 Å². The van der Waals surface area contributed by atoms with Gasteiger partial charge in [0.25, 0.3) is 0 Å². The van der Waals surface area contributed by atoms with Crippen molar-refractivity contribution in [2.75, 3.05) is 27.2 Å². The lowest BCUT2D eigenvalue weighted by Gasteiger charge is -2.24. The maximum absolute atomic E-state index is 11.6. The maximum Gasteiger partial charge on any atom is 0.334 e. The Balaban J connectivity index is 4.18. The molecule has 0 bridgehead atoms. The molecule has 0 saturated carbocycles. The van der Waals surface area contributed by atoms with E-state index in [9.17, 15) is 9.59 Å². The number of amides is 2. The summed E-state index contributed by atoms with van der Waals surface area (Å²) < 4.78 is 0. The van der Waals surface area contributed by atoms with E-state index < -0.39 is 18.1 Å². The van der Waals surface area contributed by atoms with Gasteiger partial charge in [0.05, 0.1) is 6.54 Å². The molecule has 0 saturated heterocycles. The molecule has 0 aromatic heterocycles. The zero-order valence-electron chi connectivity index (χ0n) is 12.0. The molecule has 0 aliphatic heterocycles. The van der Waals surface area contributed by atoms with Crippen LogP contribution in [0.5, 0.6) is 0 Å². The van der Waals surface area contributed by atoms with E-state index in [4.69, 9.17) is 10.2 Å². The molecule has 7 heteroatoms. The Bertz CT molecular complexity index is 285. The van der Waals surface area contributed by atoms with E-state index in [-0.39, 0.29) is 12.6 Å². The average Bonchev–Trinajstić information content (AvgIpc) is 2.23. The SMILES string of the molecule is CC(C)CC(CN(C)C)NC(=O)NCC(O)C(=O)O. The molecule has 7 nitrogen and oxygen atoms in total. The number of hydrogen-bond acceptors (Lipinski definition) is 4. The predicted molar refractivity (Wildman–Crippen MR) is 72.0 cm³/mol. The van der Waals surface area contributed by atoms with Crippen LogP contribution in [0, 0.1) is 5.92 Å². The van der Waals surface area contributed by atoms with Crippen LogP contribution in [0.15, 0.2) is 0 Å². The van der Waals surface area contributed by atoms with Gasteiger partial charge in [0, 0.05) is 12.6 Å². The summed E-state index contributed by atoms with van der Waals surface area (Å²) in [4.78, 5) is 24.0. The first kappa shape index (κ1) is 17.7. The number of rotatable bonds is 8. The summed E-state index contributed by atoms with van der Waals surface area (Å²) in [7, 11) is 3.84. The third-order valence-electron chi connectivity index (χ3n) is 2.42. The number of urea groups is 1. The van der Waals surface area contributed by atoms with Crippen molar-refractivity contribution >= 4 is 12.0 Å². The van der Waals surface area contributed by atoms with Gasteiger partial charge in [0.15, 0.2) is 6.10 Å². The molecule has 0 aromatic rings. The van der Waals surface area contributed by atoms with Crippen molar-refractivity contribution in [1.82, 2.24) is 15.5 Å². The van der Waals surface area contributed by atoms with Crippen LogP contribution in [0.4, 0.5) is 4.79 Å². The number of likely N-dealkylation sites (N-methyl/N-ethyl adjacent to an activating group) is 1. The van der Waals surface area contributed by atoms with Gasteiger partial charge in [0.2, 0.25) is 0 Å². The minimum absolute atomic E-state index is 0.0167. The lowest BCUT2D eigenvalue weighted by atomic mass is 10.0. The molecule has 112 valence electrons. The lowest BCUT2D eigenvalue weighted by Crippen LogP contribution is -2.49. The number of carbonyl (C=O) groups is 2. The van der Waals surface area contributed by atoms with Gasteiger partial charge in [-0.3, -0.25) is 0 Å². The fourth-order valence-corrected chi connectivity index (χ4v) is 1.70. The molecule has 0 heterocycles. The van der Waals surface area contributed by atoms with E-state index in [1.807, 2.05) is 19.0 Å². The zero-order chi connectivity index (χ0) is 15.0. The van der Waals surface area contributed by atoms with Gasteiger partial charge >= 0.3 is 12.0 Å². The van der Waals surface area contributed by atoms with Crippen LogP contribution in [-0.2, 0) is 4.79 Å². The number of carboxylic acid groups (broad SMARTS) is 1. The second kappa shape index (κ2) is 8.71. The van der Waals surface area contributed by atoms with Crippen molar-refractivity contribution in [2.45, 2.75) is 32.4 Å². The normalized spacial score (nSPS) is 14.3. The fraction of sp³-hybridized carbons (Fsp3) is 0.833. The van der Waals surface area contributed by atoms with Gasteiger partial charge in [-0.2, -0.15) is 0 Å². The van der Waals surface area contributed by atoms with E-state index in [1.165, 1.54) is 0 Å². The standard InChI is InChI=1S/C12H25N3O4/c1-8(2)5-9(7-15(3)4)14-12(19)13-6-10(16)11(17)18/h8-10,16H,5-7H2,1-4H3,(H,17,18)(H2,13,14,19). The third-order valence-corrected chi connectivity index (χ3v) is 2.42. The topological polar surface area (TPSA) is 102 Å². The summed E-state index contributed by atoms with van der Waals surface area (Å²) in [6.45, 7) is 4.53. The molecule has 0 aliphatic rings. The van der Waals surface area contributed by atoms with Crippen LogP contribution in [0.1, 0.15) is 20.3 Å². The van der Waals surface area contributed by atoms with E-state index in [1.54, 1.807) is 0 Å². The van der Waals surface area contributed by atoms with Crippen LogP contribution in [-0.4, -0.2) is 66.4 Å². The van der Waals surface area contributed by atoms with Gasteiger partial charge in [-0.1, -0.05) is 13.8 Å². The molecular weight excluding hydrogens is 250 g/mol. The molecule has 2 unspecified atom stereocenters. The largest absolute Gasteiger partial charge is 0.479 e. The number of nitrogens with zero attached hydrogens (tertiary/aromatic N) is 1.